The van der Waals surface area contributed by atoms with Crippen LogP contribution in [0.25, 0.3) is 22.3 Å². The van der Waals surface area contributed by atoms with Gasteiger partial charge in [-0.05, 0) is 103 Å². The fraction of sp³-hybridized carbons (Fsp3) is 0.250. The molecular weight excluding hydrogens is 614 g/mol. The highest BCUT2D eigenvalue weighted by atomic mass is 19.3. The third-order valence-corrected chi connectivity index (χ3v) is 8.18. The molecule has 4 aromatic carbocycles. The van der Waals surface area contributed by atoms with E-state index in [2.05, 4.69) is 23.8 Å². The van der Waals surface area contributed by atoms with Crippen LogP contribution in [0.3, 0.4) is 0 Å². The van der Waals surface area contributed by atoms with Gasteiger partial charge in [0.2, 0.25) is 0 Å². The molecule has 0 atom stereocenters. The van der Waals surface area contributed by atoms with Gasteiger partial charge in [0.25, 0.3) is 0 Å². The third-order valence-electron chi connectivity index (χ3n) is 8.18. The molecule has 1 aliphatic rings. The molecule has 0 saturated heterocycles. The summed E-state index contributed by atoms with van der Waals surface area (Å²) in [6.07, 6.45) is 4.33. The van der Waals surface area contributed by atoms with E-state index in [9.17, 15) is 13.2 Å². The Bertz CT molecular complexity index is 1790. The molecule has 0 amide bonds. The number of hydrogen-bond donors (Lipinski definition) is 0. The number of nitriles is 1. The monoisotopic (exact) mass is 641 g/mol. The number of ether oxygens (including phenoxy) is 1. The summed E-state index contributed by atoms with van der Waals surface area (Å²) in [4.78, 5) is 0. The molecule has 0 N–H and O–H groups in total. The molecule has 0 spiro atoms. The number of benzene rings is 4. The van der Waals surface area contributed by atoms with Gasteiger partial charge in [0, 0.05) is 17.2 Å². The molecule has 0 aliphatic heterocycles. The van der Waals surface area contributed by atoms with Crippen molar-refractivity contribution in [1.29, 1.82) is 5.26 Å². The molecule has 10 heteroatoms. The van der Waals surface area contributed by atoms with E-state index in [0.29, 0.717) is 36.2 Å². The van der Waals surface area contributed by atoms with E-state index in [1.807, 2.05) is 0 Å². The second kappa shape index (κ2) is 13.4. The first kappa shape index (κ1) is 32.7. The van der Waals surface area contributed by atoms with Crippen molar-refractivity contribution in [2.75, 3.05) is 0 Å². The summed E-state index contributed by atoms with van der Waals surface area (Å²) in [5.41, 5.74) is -3.12. The van der Waals surface area contributed by atoms with Crippen LogP contribution in [-0.2, 0) is 6.11 Å². The van der Waals surface area contributed by atoms with Crippen LogP contribution >= 0.6 is 0 Å². The zero-order valence-corrected chi connectivity index (χ0v) is 24.5. The normalized spacial score (nSPS) is 16.9. The third kappa shape index (κ3) is 6.79. The van der Waals surface area contributed by atoms with Crippen LogP contribution in [-0.4, -0.2) is 0 Å². The number of nitrogens with zero attached hydrogens (tertiary/aromatic N) is 1. The van der Waals surface area contributed by atoms with Crippen molar-refractivity contribution in [3.8, 4) is 34.1 Å². The first-order valence-corrected chi connectivity index (χ1v) is 14.6. The smallest absolute Gasteiger partial charge is 0.429 e. The predicted octanol–water partition coefficient (Wildman–Crippen LogP) is 11.1. The zero-order valence-electron chi connectivity index (χ0n) is 24.5. The second-order valence-corrected chi connectivity index (χ2v) is 11.2. The maximum Gasteiger partial charge on any atom is 0.432 e. The Morgan fingerprint density at radius 1 is 0.739 bits per heavy atom. The Labute approximate surface area is 260 Å². The van der Waals surface area contributed by atoms with Gasteiger partial charge in [-0.3, -0.25) is 0 Å². The minimum absolute atomic E-state index is 0.131. The van der Waals surface area contributed by atoms with Gasteiger partial charge in [-0.1, -0.05) is 31.2 Å². The average Bonchev–Trinajstić information content (AvgIpc) is 2.99. The molecule has 4 aromatic rings. The Hall–Kier alpha value is -4.65. The maximum absolute atomic E-state index is 15.2. The Kier molecular flexibility index (Phi) is 9.52. The van der Waals surface area contributed by atoms with E-state index in [0.717, 1.165) is 49.8 Å². The van der Waals surface area contributed by atoms with Crippen molar-refractivity contribution < 1.29 is 39.9 Å². The van der Waals surface area contributed by atoms with Crippen LogP contribution in [0.15, 0.2) is 72.8 Å². The summed E-state index contributed by atoms with van der Waals surface area (Å²) >= 11 is 0. The molecule has 1 saturated carbocycles. The van der Waals surface area contributed by atoms with E-state index in [1.54, 1.807) is 6.07 Å². The summed E-state index contributed by atoms with van der Waals surface area (Å²) in [6, 6.07) is 10.3. The summed E-state index contributed by atoms with van der Waals surface area (Å²) in [7, 11) is 0. The molecule has 1 aliphatic carbocycles. The van der Waals surface area contributed by atoms with Gasteiger partial charge in [0.15, 0.2) is 0 Å². The SMILES string of the molecule is CCC=CC1CCC(c2ccc(-c3cc(F)c(C(F)(F)Oc4ccc(-c5cc(F)c(C#N)c(F)c5)c(F)c4)c(F)c3)c(F)c2)CC1. The first-order valence-electron chi connectivity index (χ1n) is 14.6. The maximum atomic E-state index is 15.2. The zero-order chi connectivity index (χ0) is 33.2. The van der Waals surface area contributed by atoms with E-state index < -0.39 is 63.5 Å². The topological polar surface area (TPSA) is 33.0 Å². The summed E-state index contributed by atoms with van der Waals surface area (Å²) in [5.74, 6) is -8.18. The highest BCUT2D eigenvalue weighted by molar-refractivity contribution is 5.67. The molecule has 0 radical (unpaired) electrons. The number of rotatable bonds is 8. The molecule has 2 nitrogen and oxygen atoms in total. The van der Waals surface area contributed by atoms with Crippen molar-refractivity contribution in [1.82, 2.24) is 0 Å². The van der Waals surface area contributed by atoms with Crippen molar-refractivity contribution >= 4 is 0 Å². The highest BCUT2D eigenvalue weighted by Crippen LogP contribution is 2.40. The Balaban J connectivity index is 1.34. The number of allylic oxidation sites excluding steroid dienone is 2. The molecule has 238 valence electrons. The lowest BCUT2D eigenvalue weighted by Gasteiger charge is -2.27. The first-order chi connectivity index (χ1) is 21.9. The van der Waals surface area contributed by atoms with Crippen LogP contribution in [0, 0.1) is 52.2 Å². The van der Waals surface area contributed by atoms with Crippen LogP contribution < -0.4 is 4.74 Å². The van der Waals surface area contributed by atoms with Gasteiger partial charge in [-0.2, -0.15) is 14.0 Å². The number of hydrogen-bond acceptors (Lipinski definition) is 2. The van der Waals surface area contributed by atoms with Gasteiger partial charge in [0.05, 0.1) is 0 Å². The summed E-state index contributed by atoms with van der Waals surface area (Å²) in [6.45, 7) is 2.07. The van der Waals surface area contributed by atoms with Crippen molar-refractivity contribution in [3.63, 3.8) is 0 Å². The lowest BCUT2D eigenvalue weighted by molar-refractivity contribution is -0.189. The average molecular weight is 642 g/mol. The standard InChI is InChI=1S/C36H27F8NO/c1-2-3-4-20-5-7-21(8-6-20)22-9-11-26(29(37)13-22)24-16-33(41)35(34(42)17-24)36(43,44)46-25-10-12-27(32(40)18-25)23-14-30(38)28(19-45)31(39)15-23/h3-4,9-18,20-21H,2,5-8H2,1H3. The number of alkyl halides is 2. The molecule has 0 aromatic heterocycles. The molecular formula is C36H27F8NO. The van der Waals surface area contributed by atoms with Gasteiger partial charge in [-0.25, -0.2) is 26.3 Å². The highest BCUT2D eigenvalue weighted by Gasteiger charge is 2.41. The van der Waals surface area contributed by atoms with Gasteiger partial charge in [-0.15, -0.1) is 0 Å². The Morgan fingerprint density at radius 2 is 1.28 bits per heavy atom. The Morgan fingerprint density at radius 3 is 1.80 bits per heavy atom. The molecule has 46 heavy (non-hydrogen) atoms. The van der Waals surface area contributed by atoms with Gasteiger partial charge in [0.1, 0.15) is 57.8 Å². The fourth-order valence-corrected chi connectivity index (χ4v) is 5.83. The summed E-state index contributed by atoms with van der Waals surface area (Å²) < 4.78 is 123. The van der Waals surface area contributed by atoms with E-state index >= 15 is 22.0 Å². The van der Waals surface area contributed by atoms with Crippen LogP contribution in [0.5, 0.6) is 5.75 Å². The minimum Gasteiger partial charge on any atom is -0.429 e. The summed E-state index contributed by atoms with van der Waals surface area (Å²) in [5, 5.41) is 8.80. The largest absolute Gasteiger partial charge is 0.432 e. The van der Waals surface area contributed by atoms with Gasteiger partial charge >= 0.3 is 6.11 Å². The second-order valence-electron chi connectivity index (χ2n) is 11.2. The molecule has 0 unspecified atom stereocenters. The van der Waals surface area contributed by atoms with Crippen molar-refractivity contribution in [3.05, 3.63) is 124 Å². The molecule has 0 heterocycles. The minimum atomic E-state index is -4.64. The van der Waals surface area contributed by atoms with Crippen LogP contribution in [0.1, 0.15) is 61.6 Å². The van der Waals surface area contributed by atoms with E-state index in [4.69, 9.17) is 5.26 Å². The quantitative estimate of drug-likeness (QED) is 0.142. The lowest BCUT2D eigenvalue weighted by Crippen LogP contribution is -2.25. The van der Waals surface area contributed by atoms with Crippen molar-refractivity contribution in [2.24, 2.45) is 5.92 Å². The molecule has 5 rings (SSSR count). The lowest BCUT2D eigenvalue weighted by atomic mass is 9.78. The van der Waals surface area contributed by atoms with Crippen LogP contribution in [0.4, 0.5) is 35.1 Å². The number of halogens is 8. The van der Waals surface area contributed by atoms with E-state index in [-0.39, 0.29) is 22.6 Å². The van der Waals surface area contributed by atoms with E-state index in [1.165, 1.54) is 18.2 Å². The molecule has 1 fully saturated rings. The van der Waals surface area contributed by atoms with Gasteiger partial charge < -0.3 is 4.74 Å². The van der Waals surface area contributed by atoms with Crippen molar-refractivity contribution in [2.45, 2.75) is 51.1 Å². The van der Waals surface area contributed by atoms with Crippen LogP contribution in [0.2, 0.25) is 0 Å². The molecule has 0 bridgehead atoms. The predicted molar refractivity (Wildman–Crippen MR) is 157 cm³/mol. The fourth-order valence-electron chi connectivity index (χ4n) is 5.83.